The summed E-state index contributed by atoms with van der Waals surface area (Å²) in [6, 6.07) is 13.7. The molecule has 0 saturated heterocycles. The van der Waals surface area contributed by atoms with Crippen molar-refractivity contribution in [1.29, 1.82) is 0 Å². The highest BCUT2D eigenvalue weighted by Crippen LogP contribution is 2.37. The Morgan fingerprint density at radius 3 is 2.09 bits per heavy atom. The average molecular weight is 331 g/mol. The van der Waals surface area contributed by atoms with E-state index < -0.39 is 5.24 Å². The van der Waals surface area contributed by atoms with Crippen LogP contribution < -0.4 is 4.74 Å². The van der Waals surface area contributed by atoms with Crippen LogP contribution in [0.5, 0.6) is 5.75 Å². The normalized spacial score (nSPS) is 11.1. The SMILES string of the molecule is CC(C)c1c(OCc2ccccc2)ccc(C(=O)Cl)c1C(C)C. The van der Waals surface area contributed by atoms with Gasteiger partial charge in [0.05, 0.1) is 0 Å². The van der Waals surface area contributed by atoms with Gasteiger partial charge in [-0.2, -0.15) is 0 Å². The van der Waals surface area contributed by atoms with E-state index in [2.05, 4.69) is 27.7 Å². The number of rotatable bonds is 6. The molecule has 0 amide bonds. The number of carbonyl (C=O) groups is 1. The van der Waals surface area contributed by atoms with Gasteiger partial charge in [-0.05, 0) is 46.7 Å². The molecule has 122 valence electrons. The fourth-order valence-electron chi connectivity index (χ4n) is 2.87. The van der Waals surface area contributed by atoms with Crippen molar-refractivity contribution in [3.8, 4) is 5.75 Å². The predicted molar refractivity (Wildman–Crippen MR) is 95.6 cm³/mol. The summed E-state index contributed by atoms with van der Waals surface area (Å²) in [4.78, 5) is 11.8. The fraction of sp³-hybridized carbons (Fsp3) is 0.350. The molecule has 2 nitrogen and oxygen atoms in total. The van der Waals surface area contributed by atoms with Crippen molar-refractivity contribution < 1.29 is 9.53 Å². The van der Waals surface area contributed by atoms with Crippen LogP contribution in [0.25, 0.3) is 0 Å². The molecule has 0 aromatic heterocycles. The molecule has 0 heterocycles. The van der Waals surface area contributed by atoms with E-state index in [1.165, 1.54) is 0 Å². The van der Waals surface area contributed by atoms with E-state index in [0.29, 0.717) is 12.2 Å². The van der Waals surface area contributed by atoms with Gasteiger partial charge in [0.2, 0.25) is 0 Å². The quantitative estimate of drug-likeness (QED) is 0.617. The summed E-state index contributed by atoms with van der Waals surface area (Å²) in [5, 5.41) is -0.412. The molecule has 0 aliphatic rings. The van der Waals surface area contributed by atoms with Gasteiger partial charge in [0, 0.05) is 11.1 Å². The molecule has 0 saturated carbocycles. The Balaban J connectivity index is 2.43. The minimum Gasteiger partial charge on any atom is -0.489 e. The highest BCUT2D eigenvalue weighted by molar-refractivity contribution is 6.68. The smallest absolute Gasteiger partial charge is 0.252 e. The number of hydrogen-bond donors (Lipinski definition) is 0. The maximum Gasteiger partial charge on any atom is 0.252 e. The summed E-state index contributed by atoms with van der Waals surface area (Å²) in [6.45, 7) is 8.88. The van der Waals surface area contributed by atoms with Gasteiger partial charge in [-0.3, -0.25) is 4.79 Å². The summed E-state index contributed by atoms with van der Waals surface area (Å²) in [5.41, 5.74) is 3.76. The Hall–Kier alpha value is -1.80. The van der Waals surface area contributed by atoms with E-state index in [1.54, 1.807) is 6.07 Å². The molecule has 0 radical (unpaired) electrons. The van der Waals surface area contributed by atoms with Gasteiger partial charge in [-0.15, -0.1) is 0 Å². The number of hydrogen-bond acceptors (Lipinski definition) is 2. The molecule has 2 rings (SSSR count). The summed E-state index contributed by atoms with van der Waals surface area (Å²) in [7, 11) is 0. The van der Waals surface area contributed by atoms with Crippen molar-refractivity contribution in [2.45, 2.75) is 46.1 Å². The third kappa shape index (κ3) is 4.14. The molecule has 23 heavy (non-hydrogen) atoms. The molecular weight excluding hydrogens is 308 g/mol. The minimum absolute atomic E-state index is 0.199. The van der Waals surface area contributed by atoms with Crippen molar-refractivity contribution in [2.75, 3.05) is 0 Å². The van der Waals surface area contributed by atoms with E-state index >= 15 is 0 Å². The van der Waals surface area contributed by atoms with Crippen molar-refractivity contribution in [3.05, 3.63) is 64.7 Å². The van der Waals surface area contributed by atoms with Gasteiger partial charge < -0.3 is 4.74 Å². The Morgan fingerprint density at radius 2 is 1.57 bits per heavy atom. The first-order valence-corrected chi connectivity index (χ1v) is 8.33. The van der Waals surface area contributed by atoms with Gasteiger partial charge >= 0.3 is 0 Å². The lowest BCUT2D eigenvalue weighted by Crippen LogP contribution is -2.09. The molecule has 0 aliphatic carbocycles. The van der Waals surface area contributed by atoms with Crippen molar-refractivity contribution in [1.82, 2.24) is 0 Å². The first kappa shape index (κ1) is 17.6. The monoisotopic (exact) mass is 330 g/mol. The van der Waals surface area contributed by atoms with Crippen LogP contribution in [-0.2, 0) is 6.61 Å². The lowest BCUT2D eigenvalue weighted by atomic mass is 9.86. The zero-order valence-electron chi connectivity index (χ0n) is 14.1. The molecule has 0 unspecified atom stereocenters. The van der Waals surface area contributed by atoms with Gasteiger partial charge in [0.25, 0.3) is 5.24 Å². The molecule has 0 bridgehead atoms. The summed E-state index contributed by atoms with van der Waals surface area (Å²) < 4.78 is 6.06. The molecule has 0 atom stereocenters. The number of carbonyl (C=O) groups excluding carboxylic acids is 1. The van der Waals surface area contributed by atoms with E-state index in [9.17, 15) is 4.79 Å². The van der Waals surface area contributed by atoms with Crippen LogP contribution in [0.1, 0.15) is 66.6 Å². The molecule has 0 N–H and O–H groups in total. The molecule has 2 aromatic carbocycles. The first-order valence-electron chi connectivity index (χ1n) is 7.95. The molecule has 0 fully saturated rings. The standard InChI is InChI=1S/C20H23ClO2/c1-13(2)18-16(20(21)22)10-11-17(19(18)14(3)4)23-12-15-8-6-5-7-9-15/h5-11,13-14H,12H2,1-4H3. The lowest BCUT2D eigenvalue weighted by Gasteiger charge is -2.22. The summed E-state index contributed by atoms with van der Waals surface area (Å²) >= 11 is 5.77. The van der Waals surface area contributed by atoms with Crippen LogP contribution in [0.15, 0.2) is 42.5 Å². The maximum atomic E-state index is 11.8. The highest BCUT2D eigenvalue weighted by atomic mass is 35.5. The predicted octanol–water partition coefficient (Wildman–Crippen LogP) is 5.89. The Kier molecular flexibility index (Phi) is 5.84. The summed E-state index contributed by atoms with van der Waals surface area (Å²) in [6.07, 6.45) is 0. The third-order valence-corrected chi connectivity index (χ3v) is 4.05. The third-order valence-electron chi connectivity index (χ3n) is 3.85. The van der Waals surface area contributed by atoms with Crippen LogP contribution >= 0.6 is 11.6 Å². The summed E-state index contributed by atoms with van der Waals surface area (Å²) in [5.74, 6) is 1.27. The van der Waals surface area contributed by atoms with E-state index in [0.717, 1.165) is 22.4 Å². The van der Waals surface area contributed by atoms with Crippen molar-refractivity contribution >= 4 is 16.8 Å². The van der Waals surface area contributed by atoms with Crippen LogP contribution in [-0.4, -0.2) is 5.24 Å². The zero-order chi connectivity index (χ0) is 17.0. The van der Waals surface area contributed by atoms with E-state index in [4.69, 9.17) is 16.3 Å². The van der Waals surface area contributed by atoms with Crippen LogP contribution in [0.3, 0.4) is 0 Å². The maximum absolute atomic E-state index is 11.8. The number of ether oxygens (including phenoxy) is 1. The molecule has 0 aliphatic heterocycles. The van der Waals surface area contributed by atoms with Crippen LogP contribution in [0, 0.1) is 0 Å². The van der Waals surface area contributed by atoms with Gasteiger partial charge in [-0.1, -0.05) is 58.0 Å². The van der Waals surface area contributed by atoms with Crippen LogP contribution in [0.2, 0.25) is 0 Å². The zero-order valence-corrected chi connectivity index (χ0v) is 14.9. The highest BCUT2D eigenvalue weighted by Gasteiger charge is 2.22. The molecule has 3 heteroatoms. The van der Waals surface area contributed by atoms with Gasteiger partial charge in [0.1, 0.15) is 12.4 Å². The Morgan fingerprint density at radius 1 is 0.957 bits per heavy atom. The average Bonchev–Trinajstić information content (AvgIpc) is 2.52. The second kappa shape index (κ2) is 7.65. The number of benzene rings is 2. The van der Waals surface area contributed by atoms with Crippen LogP contribution in [0.4, 0.5) is 0 Å². The largest absolute Gasteiger partial charge is 0.489 e. The van der Waals surface area contributed by atoms with Gasteiger partial charge in [0.15, 0.2) is 0 Å². The first-order chi connectivity index (χ1) is 10.9. The van der Waals surface area contributed by atoms with Gasteiger partial charge in [-0.25, -0.2) is 0 Å². The molecular formula is C20H23ClO2. The van der Waals surface area contributed by atoms with E-state index in [-0.39, 0.29) is 11.8 Å². The second-order valence-electron chi connectivity index (χ2n) is 6.30. The fourth-order valence-corrected chi connectivity index (χ4v) is 3.03. The van der Waals surface area contributed by atoms with E-state index in [1.807, 2.05) is 36.4 Å². The topological polar surface area (TPSA) is 26.3 Å². The second-order valence-corrected chi connectivity index (χ2v) is 6.64. The number of halogens is 1. The molecule has 2 aromatic rings. The van der Waals surface area contributed by atoms with Crippen molar-refractivity contribution in [2.24, 2.45) is 0 Å². The molecule has 0 spiro atoms. The Bertz CT molecular complexity index is 676. The van der Waals surface area contributed by atoms with Crippen molar-refractivity contribution in [3.63, 3.8) is 0 Å². The Labute approximate surface area is 143 Å². The minimum atomic E-state index is -0.412. The lowest BCUT2D eigenvalue weighted by molar-refractivity contribution is 0.108.